The van der Waals surface area contributed by atoms with Crippen LogP contribution in [0.4, 0.5) is 0 Å². The number of hydrogen-bond donors (Lipinski definition) is 3. The van der Waals surface area contributed by atoms with Gasteiger partial charge in [0.25, 0.3) is 5.91 Å². The van der Waals surface area contributed by atoms with E-state index < -0.39 is 0 Å². The summed E-state index contributed by atoms with van der Waals surface area (Å²) in [6.45, 7) is 1.75. The first-order chi connectivity index (χ1) is 7.77. The van der Waals surface area contributed by atoms with Gasteiger partial charge in [-0.1, -0.05) is 0 Å². The molecule has 0 aromatic carbocycles. The first-order valence-electron chi connectivity index (χ1n) is 5.45. The maximum absolute atomic E-state index is 11.6. The highest BCUT2D eigenvalue weighted by Crippen LogP contribution is 1.95. The van der Waals surface area contributed by atoms with E-state index in [-0.39, 0.29) is 5.91 Å². The van der Waals surface area contributed by atoms with E-state index in [1.54, 1.807) is 29.1 Å². The molecule has 0 saturated carbocycles. The lowest BCUT2D eigenvalue weighted by Crippen LogP contribution is -2.38. The van der Waals surface area contributed by atoms with Gasteiger partial charge < -0.3 is 11.1 Å². The number of nitrogens with two attached hydrogens (primary N) is 2. The second-order valence-corrected chi connectivity index (χ2v) is 3.54. The molecule has 0 fully saturated rings. The van der Waals surface area contributed by atoms with Crippen LogP contribution in [0, 0.1) is 0 Å². The fourth-order valence-corrected chi connectivity index (χ4v) is 1.30. The molecular formula is C11H19N4O+. The number of carbonyl (C=O) groups is 1. The van der Waals surface area contributed by atoms with Gasteiger partial charge in [0.2, 0.25) is 0 Å². The third kappa shape index (κ3) is 3.96. The van der Waals surface area contributed by atoms with Crippen molar-refractivity contribution in [1.29, 1.82) is 0 Å². The number of rotatable bonds is 6. The van der Waals surface area contributed by atoms with Gasteiger partial charge in [-0.2, -0.15) is 4.57 Å². The molecule has 5 heteroatoms. The maximum atomic E-state index is 11.6. The van der Waals surface area contributed by atoms with Crippen LogP contribution in [0.25, 0.3) is 0 Å². The lowest BCUT2D eigenvalue weighted by atomic mass is 10.2. The number of pyridine rings is 1. The van der Waals surface area contributed by atoms with Crippen LogP contribution in [0.15, 0.2) is 24.5 Å². The first-order valence-corrected chi connectivity index (χ1v) is 5.45. The number of amides is 1. The van der Waals surface area contributed by atoms with Crippen LogP contribution < -0.4 is 21.4 Å². The van der Waals surface area contributed by atoms with Gasteiger partial charge >= 0.3 is 0 Å². The number of carbonyl (C=O) groups excluding carboxylic acids is 1. The minimum absolute atomic E-state index is 0.0545. The zero-order valence-electron chi connectivity index (χ0n) is 9.36. The Hall–Kier alpha value is -1.46. The number of unbranched alkanes of at least 4 members (excludes halogenated alkanes) is 1. The lowest BCUT2D eigenvalue weighted by Gasteiger charge is -2.03. The first kappa shape index (κ1) is 12.6. The van der Waals surface area contributed by atoms with Gasteiger partial charge in [0.1, 0.15) is 0 Å². The molecule has 1 heterocycles. The van der Waals surface area contributed by atoms with Crippen LogP contribution in [0.1, 0.15) is 23.2 Å². The Morgan fingerprint density at radius 2 is 1.94 bits per heavy atom. The Morgan fingerprint density at radius 1 is 1.25 bits per heavy atom. The van der Waals surface area contributed by atoms with Crippen molar-refractivity contribution in [2.45, 2.75) is 19.5 Å². The van der Waals surface area contributed by atoms with Crippen LogP contribution in [0.5, 0.6) is 0 Å². The Morgan fingerprint density at radius 3 is 2.50 bits per heavy atom. The Labute approximate surface area is 95.4 Å². The summed E-state index contributed by atoms with van der Waals surface area (Å²) in [5.41, 5.74) is 11.5. The number of hydrogen-bond acceptors (Lipinski definition) is 3. The van der Waals surface area contributed by atoms with E-state index in [1.807, 2.05) is 0 Å². The summed E-state index contributed by atoms with van der Waals surface area (Å²) in [6, 6.07) is 3.51. The van der Waals surface area contributed by atoms with Gasteiger partial charge in [-0.15, -0.1) is 0 Å². The van der Waals surface area contributed by atoms with E-state index in [0.29, 0.717) is 25.3 Å². The van der Waals surface area contributed by atoms with Crippen LogP contribution in [0.2, 0.25) is 0 Å². The summed E-state index contributed by atoms with van der Waals surface area (Å²) in [7, 11) is 0. The van der Waals surface area contributed by atoms with Crippen molar-refractivity contribution in [3.8, 4) is 0 Å². The van der Waals surface area contributed by atoms with Crippen molar-refractivity contribution in [1.82, 2.24) is 5.32 Å². The van der Waals surface area contributed by atoms with E-state index >= 15 is 0 Å². The second kappa shape index (κ2) is 6.92. The van der Waals surface area contributed by atoms with E-state index in [1.165, 1.54) is 0 Å². The highest BCUT2D eigenvalue weighted by atomic mass is 16.1. The zero-order chi connectivity index (χ0) is 11.8. The molecule has 0 unspecified atom stereocenters. The van der Waals surface area contributed by atoms with Crippen LogP contribution in [-0.4, -0.2) is 19.0 Å². The monoisotopic (exact) mass is 223 g/mol. The fraction of sp³-hybridized carbons (Fsp3) is 0.455. The van der Waals surface area contributed by atoms with Crippen LogP contribution in [-0.2, 0) is 6.67 Å². The third-order valence-corrected chi connectivity index (χ3v) is 2.28. The summed E-state index contributed by atoms with van der Waals surface area (Å²) in [5.74, 6) is -0.0545. The molecule has 88 valence electrons. The Bertz CT molecular complexity index is 323. The average Bonchev–Trinajstić information content (AvgIpc) is 2.34. The van der Waals surface area contributed by atoms with Crippen LogP contribution in [0.3, 0.4) is 0 Å². The highest BCUT2D eigenvalue weighted by Gasteiger charge is 2.06. The normalized spacial score (nSPS) is 10.1. The fourth-order valence-electron chi connectivity index (χ4n) is 1.30. The third-order valence-electron chi connectivity index (χ3n) is 2.28. The molecule has 0 spiro atoms. The van der Waals surface area contributed by atoms with E-state index in [4.69, 9.17) is 11.5 Å². The second-order valence-electron chi connectivity index (χ2n) is 3.54. The number of nitrogens with zero attached hydrogens (tertiary/aromatic N) is 1. The molecule has 5 N–H and O–H groups in total. The molecular weight excluding hydrogens is 204 g/mol. The van der Waals surface area contributed by atoms with E-state index in [2.05, 4.69) is 5.32 Å². The molecule has 1 amide bonds. The molecule has 5 nitrogen and oxygen atoms in total. The van der Waals surface area contributed by atoms with Gasteiger partial charge in [-0.3, -0.25) is 10.5 Å². The van der Waals surface area contributed by atoms with Crippen molar-refractivity contribution >= 4 is 5.91 Å². The van der Waals surface area contributed by atoms with Gasteiger partial charge in [0.05, 0.1) is 5.56 Å². The summed E-state index contributed by atoms with van der Waals surface area (Å²) in [6.07, 6.45) is 5.42. The van der Waals surface area contributed by atoms with Crippen molar-refractivity contribution < 1.29 is 9.36 Å². The molecule has 0 aliphatic carbocycles. The molecule has 1 rings (SSSR count). The molecule has 0 saturated heterocycles. The molecule has 16 heavy (non-hydrogen) atoms. The molecule has 1 aromatic heterocycles. The molecule has 0 aliphatic rings. The Kier molecular flexibility index (Phi) is 5.45. The predicted molar refractivity (Wildman–Crippen MR) is 61.4 cm³/mol. The summed E-state index contributed by atoms with van der Waals surface area (Å²) < 4.78 is 1.80. The smallest absolute Gasteiger partial charge is 0.251 e. The van der Waals surface area contributed by atoms with Crippen molar-refractivity contribution in [2.24, 2.45) is 11.5 Å². The van der Waals surface area contributed by atoms with E-state index in [0.717, 1.165) is 12.8 Å². The Balaban J connectivity index is 2.40. The lowest BCUT2D eigenvalue weighted by molar-refractivity contribution is -0.696. The topological polar surface area (TPSA) is 85.0 Å². The molecule has 1 aromatic rings. The summed E-state index contributed by atoms with van der Waals surface area (Å²) in [5, 5.41) is 2.84. The van der Waals surface area contributed by atoms with Crippen molar-refractivity contribution in [3.63, 3.8) is 0 Å². The highest BCUT2D eigenvalue weighted by molar-refractivity contribution is 5.93. The summed E-state index contributed by atoms with van der Waals surface area (Å²) >= 11 is 0. The number of aromatic nitrogens is 1. The quantitative estimate of drug-likeness (QED) is 0.443. The summed E-state index contributed by atoms with van der Waals surface area (Å²) in [4.78, 5) is 11.6. The van der Waals surface area contributed by atoms with Gasteiger partial charge in [0.15, 0.2) is 19.1 Å². The number of nitrogens with one attached hydrogen (secondary N) is 1. The average molecular weight is 223 g/mol. The maximum Gasteiger partial charge on any atom is 0.251 e. The molecule has 0 atom stereocenters. The standard InChI is InChI=1S/C11H18N4O/c12-5-1-2-6-14-11(16)10-3-7-15(9-13)8-4-10/h3-4,7-8H,1-2,5-6,9,12-13H2/p+1. The SMILES string of the molecule is NCCCCNC(=O)c1cc[n+](CN)cc1. The van der Waals surface area contributed by atoms with Gasteiger partial charge in [-0.05, 0) is 19.4 Å². The van der Waals surface area contributed by atoms with Gasteiger partial charge in [-0.25, -0.2) is 0 Å². The minimum Gasteiger partial charge on any atom is -0.352 e. The van der Waals surface area contributed by atoms with Crippen molar-refractivity contribution in [2.75, 3.05) is 13.1 Å². The van der Waals surface area contributed by atoms with Gasteiger partial charge in [0, 0.05) is 18.7 Å². The molecule has 0 aliphatic heterocycles. The largest absolute Gasteiger partial charge is 0.352 e. The van der Waals surface area contributed by atoms with E-state index in [9.17, 15) is 4.79 Å². The predicted octanol–water partition coefficient (Wildman–Crippen LogP) is -0.641. The minimum atomic E-state index is -0.0545. The zero-order valence-corrected chi connectivity index (χ0v) is 9.36. The molecule has 0 radical (unpaired) electrons. The van der Waals surface area contributed by atoms with Crippen molar-refractivity contribution in [3.05, 3.63) is 30.1 Å². The molecule has 0 bridgehead atoms. The van der Waals surface area contributed by atoms with Crippen LogP contribution >= 0.6 is 0 Å².